The Balaban J connectivity index is 1.51. The van der Waals surface area contributed by atoms with Crippen LogP contribution in [0, 0.1) is 23.0 Å². The van der Waals surface area contributed by atoms with Gasteiger partial charge in [0.2, 0.25) is 11.6 Å². The van der Waals surface area contributed by atoms with Gasteiger partial charge in [-0.1, -0.05) is 12.1 Å². The number of halogens is 2. The van der Waals surface area contributed by atoms with E-state index in [2.05, 4.69) is 15.3 Å². The van der Waals surface area contributed by atoms with Crippen molar-refractivity contribution in [2.45, 2.75) is 31.7 Å². The quantitative estimate of drug-likeness (QED) is 0.178. The summed E-state index contributed by atoms with van der Waals surface area (Å²) in [6.07, 6.45) is 1.46. The molecule has 0 spiro atoms. The molecule has 5 rings (SSSR count). The number of ether oxygens (including phenoxy) is 2. The largest absolute Gasteiger partial charge is 0.504 e. The Hall–Kier alpha value is -4.94. The number of benzene rings is 2. The van der Waals surface area contributed by atoms with Crippen LogP contribution in [0.15, 0.2) is 47.5 Å². The molecule has 0 radical (unpaired) electrons. The summed E-state index contributed by atoms with van der Waals surface area (Å²) in [6.45, 7) is 1.41. The second-order valence-corrected chi connectivity index (χ2v) is 10.2. The van der Waals surface area contributed by atoms with Gasteiger partial charge in [0.1, 0.15) is 23.1 Å². The van der Waals surface area contributed by atoms with E-state index in [1.54, 1.807) is 18.2 Å². The van der Waals surface area contributed by atoms with E-state index < -0.39 is 47.0 Å². The van der Waals surface area contributed by atoms with Crippen LogP contribution in [0.1, 0.15) is 36.8 Å². The third-order valence-corrected chi connectivity index (χ3v) is 7.29. The van der Waals surface area contributed by atoms with Crippen molar-refractivity contribution in [2.24, 2.45) is 16.6 Å². The molecule has 1 aliphatic heterocycles. The zero-order valence-corrected chi connectivity index (χ0v) is 22.7. The molecule has 0 atom stereocenters. The number of aromatic hydroxyl groups is 1. The second-order valence-electron chi connectivity index (χ2n) is 10.2. The van der Waals surface area contributed by atoms with Gasteiger partial charge in [0, 0.05) is 30.8 Å². The summed E-state index contributed by atoms with van der Waals surface area (Å²) in [5.41, 5.74) is 5.92. The van der Waals surface area contributed by atoms with Crippen molar-refractivity contribution in [3.8, 4) is 29.0 Å². The number of likely N-dealkylation sites (N-methyl/N-ethyl adjacent to an activating group) is 1. The molecule has 0 amide bonds. The smallest absolute Gasteiger partial charge is 0.306 e. The van der Waals surface area contributed by atoms with Gasteiger partial charge >= 0.3 is 5.97 Å². The number of carboxylic acid groups (broad SMARTS) is 1. The summed E-state index contributed by atoms with van der Waals surface area (Å²) in [7, 11) is 1.91. The van der Waals surface area contributed by atoms with Gasteiger partial charge in [0.15, 0.2) is 11.5 Å². The highest BCUT2D eigenvalue weighted by Gasteiger charge is 2.30. The van der Waals surface area contributed by atoms with Gasteiger partial charge in [0.25, 0.3) is 11.8 Å². The first kappa shape index (κ1) is 28.6. The normalized spacial score (nSPS) is 18.4. The number of hydrogen-bond acceptors (Lipinski definition) is 9. The van der Waals surface area contributed by atoms with Crippen LogP contribution in [0.4, 0.5) is 14.5 Å². The molecule has 1 saturated carbocycles. The van der Waals surface area contributed by atoms with Crippen molar-refractivity contribution in [3.05, 3.63) is 65.2 Å². The number of aliphatic imine (C=N–C) groups is 1. The molecule has 11 nitrogen and oxygen atoms in total. The Bertz CT molecular complexity index is 1560. The predicted molar refractivity (Wildman–Crippen MR) is 151 cm³/mol. The van der Waals surface area contributed by atoms with E-state index in [1.807, 2.05) is 18.0 Å². The molecular weight excluding hydrogens is 550 g/mol. The van der Waals surface area contributed by atoms with Crippen LogP contribution in [0.3, 0.4) is 0 Å². The van der Waals surface area contributed by atoms with Crippen LogP contribution < -0.4 is 20.5 Å². The topological polar surface area (TPSA) is 166 Å². The second kappa shape index (κ2) is 11.9. The Morgan fingerprint density at radius 2 is 1.81 bits per heavy atom. The van der Waals surface area contributed by atoms with E-state index in [-0.39, 0.29) is 28.6 Å². The summed E-state index contributed by atoms with van der Waals surface area (Å²) in [4.78, 5) is 21.8. The first-order chi connectivity index (χ1) is 20.1. The highest BCUT2D eigenvalue weighted by atomic mass is 19.1. The Morgan fingerprint density at radius 1 is 1.10 bits per heavy atom. The average Bonchev–Trinajstić information content (AvgIpc) is 3.40. The van der Waals surface area contributed by atoms with E-state index in [9.17, 15) is 15.0 Å². The van der Waals surface area contributed by atoms with Gasteiger partial charge < -0.3 is 35.6 Å². The van der Waals surface area contributed by atoms with Crippen molar-refractivity contribution >= 4 is 23.3 Å². The minimum absolute atomic E-state index is 0.201. The number of carboxylic acids is 1. The highest BCUT2D eigenvalue weighted by molar-refractivity contribution is 6.00. The maximum Gasteiger partial charge on any atom is 0.306 e. The van der Waals surface area contributed by atoms with Crippen molar-refractivity contribution in [1.29, 1.82) is 5.41 Å². The standard InChI is InChI=1S/C29H30F2N6O5/c1-37-12-11-34-26(37)17-3-2-4-19(13-17)41-27-22(30)24(35-18-8-5-15(6-9-18)29(39)40)23(31)28(36-27)42-21-14-16(25(32)33)7-10-20(21)38/h2-4,7,10,13-15,18,38H,5-6,8-9,11-12H2,1H3,(H3,32,33)(H,35,36)(H,39,40). The molecule has 1 aromatic heterocycles. The first-order valence-electron chi connectivity index (χ1n) is 13.4. The molecule has 2 aromatic carbocycles. The molecule has 6 N–H and O–H groups in total. The molecule has 13 heteroatoms. The van der Waals surface area contributed by atoms with Gasteiger partial charge in [-0.3, -0.25) is 15.2 Å². The Kier molecular flexibility index (Phi) is 8.09. The molecule has 2 heterocycles. The van der Waals surface area contributed by atoms with E-state index >= 15 is 8.78 Å². The fourth-order valence-electron chi connectivity index (χ4n) is 4.97. The molecule has 1 aliphatic carbocycles. The lowest BCUT2D eigenvalue weighted by atomic mass is 9.86. The number of aromatic nitrogens is 1. The van der Waals surface area contributed by atoms with Gasteiger partial charge in [0.05, 0.1) is 12.5 Å². The predicted octanol–water partition coefficient (Wildman–Crippen LogP) is 4.68. The highest BCUT2D eigenvalue weighted by Crippen LogP contribution is 2.40. The first-order valence-corrected chi connectivity index (χ1v) is 13.4. The van der Waals surface area contributed by atoms with Crippen molar-refractivity contribution < 1.29 is 33.3 Å². The Labute approximate surface area is 240 Å². The zero-order valence-electron chi connectivity index (χ0n) is 22.7. The number of nitrogens with zero attached hydrogens (tertiary/aromatic N) is 3. The fourth-order valence-corrected chi connectivity index (χ4v) is 4.97. The summed E-state index contributed by atoms with van der Waals surface area (Å²) in [5.74, 6) is -4.97. The number of anilines is 1. The van der Waals surface area contributed by atoms with Crippen molar-refractivity contribution in [1.82, 2.24) is 9.88 Å². The minimum Gasteiger partial charge on any atom is -0.504 e. The van der Waals surface area contributed by atoms with Crippen molar-refractivity contribution in [2.75, 3.05) is 25.5 Å². The van der Waals surface area contributed by atoms with Gasteiger partial charge in [-0.2, -0.15) is 13.8 Å². The summed E-state index contributed by atoms with van der Waals surface area (Å²) in [5, 5.41) is 30.1. The van der Waals surface area contributed by atoms with Crippen LogP contribution >= 0.6 is 0 Å². The number of hydrogen-bond donors (Lipinski definition) is 5. The van der Waals surface area contributed by atoms with Crippen LogP contribution in [-0.2, 0) is 4.79 Å². The van der Waals surface area contributed by atoms with E-state index in [4.69, 9.17) is 20.6 Å². The molecule has 42 heavy (non-hydrogen) atoms. The van der Waals surface area contributed by atoms with Gasteiger partial charge in [-0.25, -0.2) is 0 Å². The third kappa shape index (κ3) is 6.04. The number of nitrogen functional groups attached to an aromatic ring is 1. The average molecular weight is 581 g/mol. The number of phenols is 1. The van der Waals surface area contributed by atoms with Crippen molar-refractivity contribution in [3.63, 3.8) is 0 Å². The summed E-state index contributed by atoms with van der Waals surface area (Å²) >= 11 is 0. The lowest BCUT2D eigenvalue weighted by Crippen LogP contribution is -2.30. The molecule has 1 fully saturated rings. The van der Waals surface area contributed by atoms with E-state index in [0.717, 1.165) is 17.9 Å². The number of amidine groups is 2. The van der Waals surface area contributed by atoms with Crippen LogP contribution in [0.25, 0.3) is 0 Å². The molecule has 3 aromatic rings. The SMILES string of the molecule is CN1CCN=C1c1cccc(Oc2nc(Oc3cc(C(=N)N)ccc3O)c(F)c(NC3CCC(C(=O)O)CC3)c2F)c1. The molecule has 0 bridgehead atoms. The molecule has 2 aliphatic rings. The maximum atomic E-state index is 15.8. The van der Waals surface area contributed by atoms with Crippen LogP contribution in [0.5, 0.6) is 29.0 Å². The van der Waals surface area contributed by atoms with Crippen LogP contribution in [0.2, 0.25) is 0 Å². The number of rotatable bonds is 9. The third-order valence-electron chi connectivity index (χ3n) is 7.29. The number of pyridine rings is 1. The lowest BCUT2D eigenvalue weighted by Gasteiger charge is -2.28. The summed E-state index contributed by atoms with van der Waals surface area (Å²) < 4.78 is 43.0. The van der Waals surface area contributed by atoms with E-state index in [0.29, 0.717) is 32.2 Å². The fraction of sp³-hybridized carbons (Fsp3) is 0.310. The van der Waals surface area contributed by atoms with E-state index in [1.165, 1.54) is 18.2 Å². The number of carbonyl (C=O) groups is 1. The number of nitrogens with one attached hydrogen (secondary N) is 2. The number of nitrogens with two attached hydrogens (primary N) is 1. The molecule has 220 valence electrons. The van der Waals surface area contributed by atoms with Gasteiger partial charge in [-0.05, 0) is 56.0 Å². The lowest BCUT2D eigenvalue weighted by molar-refractivity contribution is -0.142. The number of aliphatic carboxylic acids is 1. The summed E-state index contributed by atoms with van der Waals surface area (Å²) in [6, 6.07) is 10.2. The number of phenolic OH excluding ortho intramolecular Hbond substituents is 1. The molecular formula is C29H30F2N6O5. The molecule has 0 unspecified atom stereocenters. The van der Waals surface area contributed by atoms with Crippen LogP contribution in [-0.4, -0.2) is 63.9 Å². The Morgan fingerprint density at radius 3 is 2.45 bits per heavy atom. The van der Waals surface area contributed by atoms with Gasteiger partial charge in [-0.15, -0.1) is 0 Å². The zero-order chi connectivity index (χ0) is 30.0. The molecule has 0 saturated heterocycles. The minimum atomic E-state index is -1.18. The maximum absolute atomic E-state index is 15.8. The monoisotopic (exact) mass is 580 g/mol.